The van der Waals surface area contributed by atoms with Crippen molar-refractivity contribution < 1.29 is 19.8 Å². The molecule has 4 rings (SSSR count). The summed E-state index contributed by atoms with van der Waals surface area (Å²) in [5.74, 6) is 0.458. The van der Waals surface area contributed by atoms with Gasteiger partial charge in [0.15, 0.2) is 0 Å². The lowest BCUT2D eigenvalue weighted by Gasteiger charge is -2.57. The van der Waals surface area contributed by atoms with E-state index in [1.807, 2.05) is 23.1 Å². The molecule has 33 heavy (non-hydrogen) atoms. The zero-order valence-corrected chi connectivity index (χ0v) is 20.1. The summed E-state index contributed by atoms with van der Waals surface area (Å²) in [6.07, 6.45) is 10.3. The number of hydrogen-bond acceptors (Lipinski definition) is 3. The van der Waals surface area contributed by atoms with Crippen molar-refractivity contribution in [2.24, 2.45) is 22.7 Å². The molecule has 0 aromatic heterocycles. The number of aliphatic carboxylic acids is 1. The van der Waals surface area contributed by atoms with Crippen molar-refractivity contribution in [1.29, 1.82) is 0 Å². The molecule has 2 aliphatic carbocycles. The van der Waals surface area contributed by atoms with Crippen LogP contribution in [0.15, 0.2) is 47.6 Å². The molecule has 4 atom stereocenters. The Balaban J connectivity index is 1.40. The van der Waals surface area contributed by atoms with E-state index in [2.05, 4.69) is 26.8 Å². The fourth-order valence-corrected chi connectivity index (χ4v) is 6.77. The van der Waals surface area contributed by atoms with E-state index in [1.54, 1.807) is 12.1 Å². The highest BCUT2D eigenvalue weighted by atomic mass is 16.4. The molecule has 0 spiro atoms. The number of carbonyl (C=O) groups is 2. The number of carbonyl (C=O) groups excluding carboxylic acids is 1. The molecule has 1 saturated carbocycles. The predicted octanol–water partition coefficient (Wildman–Crippen LogP) is 5.35. The number of amides is 1. The van der Waals surface area contributed by atoms with Crippen LogP contribution in [0, 0.1) is 22.7 Å². The number of hydrogen-bond donors (Lipinski definition) is 2. The summed E-state index contributed by atoms with van der Waals surface area (Å²) in [6.45, 7) is 8.14. The number of rotatable bonds is 7. The van der Waals surface area contributed by atoms with E-state index in [0.717, 1.165) is 56.1 Å². The Morgan fingerprint density at radius 1 is 1.12 bits per heavy atom. The molecule has 3 aliphatic rings. The molecular formula is C28H37NO4. The Bertz CT molecular complexity index is 978. The molecule has 178 valence electrons. The molecule has 0 bridgehead atoms. The predicted molar refractivity (Wildman–Crippen MR) is 129 cm³/mol. The van der Waals surface area contributed by atoms with Crippen molar-refractivity contribution in [3.8, 4) is 5.75 Å². The minimum atomic E-state index is -0.767. The zero-order chi connectivity index (χ0) is 23.8. The van der Waals surface area contributed by atoms with Crippen molar-refractivity contribution in [1.82, 2.24) is 4.90 Å². The molecule has 0 saturated heterocycles. The highest BCUT2D eigenvalue weighted by Crippen LogP contribution is 2.62. The van der Waals surface area contributed by atoms with Gasteiger partial charge in [0.1, 0.15) is 5.75 Å². The van der Waals surface area contributed by atoms with Gasteiger partial charge in [0.05, 0.1) is 0 Å². The van der Waals surface area contributed by atoms with E-state index in [1.165, 1.54) is 0 Å². The van der Waals surface area contributed by atoms with Crippen molar-refractivity contribution in [3.63, 3.8) is 0 Å². The second kappa shape index (κ2) is 9.00. The fraction of sp³-hybridized carbons (Fsp3) is 0.571. The summed E-state index contributed by atoms with van der Waals surface area (Å²) >= 11 is 0. The maximum absolute atomic E-state index is 13.1. The van der Waals surface area contributed by atoms with Gasteiger partial charge in [-0.05, 0) is 79.9 Å². The molecule has 0 radical (unpaired) electrons. The molecule has 1 aliphatic heterocycles. The zero-order valence-electron chi connectivity index (χ0n) is 20.1. The van der Waals surface area contributed by atoms with Crippen LogP contribution in [0.5, 0.6) is 5.75 Å². The van der Waals surface area contributed by atoms with Crippen molar-refractivity contribution >= 4 is 11.9 Å². The second-order valence-corrected chi connectivity index (χ2v) is 10.8. The largest absolute Gasteiger partial charge is 0.508 e. The number of allylic oxidation sites excluding steroid dienone is 1. The Hall–Kier alpha value is -2.56. The molecule has 1 aromatic carbocycles. The van der Waals surface area contributed by atoms with Crippen LogP contribution in [0.25, 0.3) is 0 Å². The molecular weight excluding hydrogens is 414 g/mol. The third kappa shape index (κ3) is 4.34. The second-order valence-electron chi connectivity index (χ2n) is 10.8. The first-order valence-corrected chi connectivity index (χ1v) is 12.4. The van der Waals surface area contributed by atoms with Gasteiger partial charge in [-0.2, -0.15) is 0 Å². The van der Waals surface area contributed by atoms with Gasteiger partial charge >= 0.3 is 5.97 Å². The molecule has 1 fully saturated rings. The summed E-state index contributed by atoms with van der Waals surface area (Å²) in [4.78, 5) is 27.0. The maximum atomic E-state index is 13.1. The smallest absolute Gasteiger partial charge is 0.331 e. The minimum absolute atomic E-state index is 0.0164. The number of benzene rings is 1. The number of aromatic hydroxyl groups is 1. The quantitative estimate of drug-likeness (QED) is 0.586. The Labute approximate surface area is 197 Å². The van der Waals surface area contributed by atoms with Gasteiger partial charge in [-0.15, -0.1) is 0 Å². The first-order valence-electron chi connectivity index (χ1n) is 12.4. The van der Waals surface area contributed by atoms with Crippen LogP contribution in [0.2, 0.25) is 0 Å². The normalized spacial score (nSPS) is 31.7. The number of carboxylic acid groups (broad SMARTS) is 1. The molecule has 5 heteroatoms. The SMILES string of the molecule is CC1CCC2(C)C(C(=O)O)=CCCC2C1(C)CCC1=CCN(CCc2ccc(O)cc2)C1=O. The van der Waals surface area contributed by atoms with Crippen molar-refractivity contribution in [3.05, 3.63) is 53.1 Å². The van der Waals surface area contributed by atoms with Gasteiger partial charge in [0.2, 0.25) is 5.91 Å². The topological polar surface area (TPSA) is 77.8 Å². The average molecular weight is 452 g/mol. The first kappa shape index (κ1) is 23.6. The van der Waals surface area contributed by atoms with Gasteiger partial charge in [0, 0.05) is 29.7 Å². The molecule has 1 heterocycles. The van der Waals surface area contributed by atoms with E-state index in [-0.39, 0.29) is 22.5 Å². The summed E-state index contributed by atoms with van der Waals surface area (Å²) < 4.78 is 0. The van der Waals surface area contributed by atoms with Gasteiger partial charge in [-0.1, -0.05) is 45.1 Å². The van der Waals surface area contributed by atoms with Crippen LogP contribution in [0.4, 0.5) is 0 Å². The van der Waals surface area contributed by atoms with Gasteiger partial charge < -0.3 is 15.1 Å². The lowest BCUT2D eigenvalue weighted by Crippen LogP contribution is -2.51. The summed E-state index contributed by atoms with van der Waals surface area (Å²) in [5.41, 5.74) is 2.36. The Morgan fingerprint density at radius 2 is 1.85 bits per heavy atom. The van der Waals surface area contributed by atoms with E-state index in [4.69, 9.17) is 0 Å². The van der Waals surface area contributed by atoms with E-state index >= 15 is 0 Å². The lowest BCUT2D eigenvalue weighted by molar-refractivity contribution is -0.137. The average Bonchev–Trinajstić information content (AvgIpc) is 3.14. The van der Waals surface area contributed by atoms with Gasteiger partial charge in [-0.25, -0.2) is 4.79 Å². The Morgan fingerprint density at radius 3 is 2.55 bits per heavy atom. The third-order valence-electron chi connectivity index (χ3n) is 9.10. The third-order valence-corrected chi connectivity index (χ3v) is 9.10. The van der Waals surface area contributed by atoms with Crippen molar-refractivity contribution in [2.75, 3.05) is 13.1 Å². The number of phenols is 1. The van der Waals surface area contributed by atoms with Gasteiger partial charge in [-0.3, -0.25) is 4.79 Å². The van der Waals surface area contributed by atoms with Crippen LogP contribution < -0.4 is 0 Å². The monoisotopic (exact) mass is 451 g/mol. The highest BCUT2D eigenvalue weighted by molar-refractivity contribution is 5.95. The van der Waals surface area contributed by atoms with Crippen LogP contribution in [-0.4, -0.2) is 40.1 Å². The standard InChI is InChI=1S/C28H37NO4/c1-19-11-15-28(3)23(26(32)33)5-4-6-24(28)27(19,2)16-12-21-14-18-29(25(21)31)17-13-20-7-9-22(30)10-8-20/h5,7-10,14,19,24,30H,4,6,11-13,15-18H2,1-3H3,(H,32,33). The van der Waals surface area contributed by atoms with Gasteiger partial charge in [0.25, 0.3) is 0 Å². The lowest BCUT2D eigenvalue weighted by atomic mass is 9.46. The molecule has 1 amide bonds. The van der Waals surface area contributed by atoms with Crippen LogP contribution >= 0.6 is 0 Å². The fourth-order valence-electron chi connectivity index (χ4n) is 6.77. The van der Waals surface area contributed by atoms with E-state index < -0.39 is 5.97 Å². The summed E-state index contributed by atoms with van der Waals surface area (Å²) in [7, 11) is 0. The number of nitrogens with zero attached hydrogens (tertiary/aromatic N) is 1. The summed E-state index contributed by atoms with van der Waals surface area (Å²) in [6, 6.07) is 7.16. The van der Waals surface area contributed by atoms with Crippen LogP contribution in [0.1, 0.15) is 64.9 Å². The highest BCUT2D eigenvalue weighted by Gasteiger charge is 2.55. The molecule has 2 N–H and O–H groups in total. The Kier molecular flexibility index (Phi) is 6.43. The maximum Gasteiger partial charge on any atom is 0.331 e. The van der Waals surface area contributed by atoms with E-state index in [0.29, 0.717) is 30.5 Å². The number of fused-ring (bicyclic) bond motifs is 1. The van der Waals surface area contributed by atoms with Crippen molar-refractivity contribution in [2.45, 2.75) is 65.7 Å². The number of carboxylic acids is 1. The molecule has 5 nitrogen and oxygen atoms in total. The molecule has 4 unspecified atom stereocenters. The first-order chi connectivity index (χ1) is 15.6. The summed E-state index contributed by atoms with van der Waals surface area (Å²) in [5, 5.41) is 19.3. The van der Waals surface area contributed by atoms with E-state index in [9.17, 15) is 19.8 Å². The molecule has 1 aromatic rings. The van der Waals surface area contributed by atoms with Crippen LogP contribution in [-0.2, 0) is 16.0 Å². The minimum Gasteiger partial charge on any atom is -0.508 e. The van der Waals surface area contributed by atoms with Crippen LogP contribution in [0.3, 0.4) is 0 Å². The number of phenolic OH excluding ortho intramolecular Hbond substituents is 1.